The van der Waals surface area contributed by atoms with Crippen LogP contribution in [0.25, 0.3) is 6.08 Å². The van der Waals surface area contributed by atoms with Gasteiger partial charge in [-0.2, -0.15) is 0 Å². The van der Waals surface area contributed by atoms with E-state index in [1.807, 2.05) is 35.4 Å². The molecule has 0 bridgehead atoms. The Labute approximate surface area is 106 Å². The predicted molar refractivity (Wildman–Crippen MR) is 72.0 cm³/mol. The molecular weight excluding hydrogens is 232 g/mol. The standard InChI is InChI=1S/C13H18N2OS/c1-2-15(11-7-8-14-10-11)13(16)6-5-12-4-3-9-17-12/h3-6,9,11,14H,2,7-8,10H2,1H3/b6-5+. The molecule has 1 aliphatic heterocycles. The second-order valence-electron chi connectivity index (χ2n) is 4.12. The topological polar surface area (TPSA) is 32.3 Å². The Kier molecular flexibility index (Phi) is 4.34. The Morgan fingerprint density at radius 3 is 3.18 bits per heavy atom. The SMILES string of the molecule is CCN(C(=O)/C=C/c1cccs1)C1CCNC1. The fourth-order valence-electron chi connectivity index (χ4n) is 2.13. The van der Waals surface area contributed by atoms with Gasteiger partial charge in [0.15, 0.2) is 0 Å². The number of thiophene rings is 1. The van der Waals surface area contributed by atoms with Crippen LogP contribution in [0.4, 0.5) is 0 Å². The number of carbonyl (C=O) groups excluding carboxylic acids is 1. The Bertz CT molecular complexity index is 380. The Morgan fingerprint density at radius 2 is 2.59 bits per heavy atom. The summed E-state index contributed by atoms with van der Waals surface area (Å²) < 4.78 is 0. The third-order valence-corrected chi connectivity index (χ3v) is 3.87. The van der Waals surface area contributed by atoms with Crippen LogP contribution in [0.2, 0.25) is 0 Å². The number of hydrogen-bond acceptors (Lipinski definition) is 3. The van der Waals surface area contributed by atoms with Gasteiger partial charge in [0.2, 0.25) is 5.91 Å². The maximum Gasteiger partial charge on any atom is 0.246 e. The lowest BCUT2D eigenvalue weighted by Gasteiger charge is -2.25. The fourth-order valence-corrected chi connectivity index (χ4v) is 2.75. The van der Waals surface area contributed by atoms with E-state index in [-0.39, 0.29) is 5.91 Å². The van der Waals surface area contributed by atoms with Gasteiger partial charge in [0.25, 0.3) is 0 Å². The van der Waals surface area contributed by atoms with Gasteiger partial charge in [-0.05, 0) is 37.4 Å². The van der Waals surface area contributed by atoms with E-state index >= 15 is 0 Å². The summed E-state index contributed by atoms with van der Waals surface area (Å²) in [5.41, 5.74) is 0. The molecule has 0 radical (unpaired) electrons. The van der Waals surface area contributed by atoms with E-state index < -0.39 is 0 Å². The number of rotatable bonds is 4. The monoisotopic (exact) mass is 250 g/mol. The molecule has 1 saturated heterocycles. The third kappa shape index (κ3) is 3.17. The molecule has 1 amide bonds. The van der Waals surface area contributed by atoms with Gasteiger partial charge in [-0.3, -0.25) is 4.79 Å². The van der Waals surface area contributed by atoms with Gasteiger partial charge in [-0.1, -0.05) is 6.07 Å². The first kappa shape index (κ1) is 12.3. The zero-order chi connectivity index (χ0) is 12.1. The van der Waals surface area contributed by atoms with Gasteiger partial charge in [-0.15, -0.1) is 11.3 Å². The van der Waals surface area contributed by atoms with Crippen molar-refractivity contribution in [2.45, 2.75) is 19.4 Å². The van der Waals surface area contributed by atoms with Crippen LogP contribution in [-0.2, 0) is 4.79 Å². The lowest BCUT2D eigenvalue weighted by Crippen LogP contribution is -2.40. The quantitative estimate of drug-likeness (QED) is 0.829. The fraction of sp³-hybridized carbons (Fsp3) is 0.462. The molecule has 3 nitrogen and oxygen atoms in total. The summed E-state index contributed by atoms with van der Waals surface area (Å²) in [4.78, 5) is 15.1. The second-order valence-corrected chi connectivity index (χ2v) is 5.10. The van der Waals surface area contributed by atoms with Gasteiger partial charge < -0.3 is 10.2 Å². The van der Waals surface area contributed by atoms with Crippen molar-refractivity contribution in [1.82, 2.24) is 10.2 Å². The molecule has 0 aromatic carbocycles. The van der Waals surface area contributed by atoms with Crippen LogP contribution in [0.15, 0.2) is 23.6 Å². The number of carbonyl (C=O) groups is 1. The van der Waals surface area contributed by atoms with Crippen molar-refractivity contribution in [3.63, 3.8) is 0 Å². The maximum atomic E-state index is 12.1. The number of amides is 1. The van der Waals surface area contributed by atoms with Crippen LogP contribution in [0.5, 0.6) is 0 Å². The van der Waals surface area contributed by atoms with E-state index in [2.05, 4.69) is 5.32 Å². The van der Waals surface area contributed by atoms with Gasteiger partial charge in [0, 0.05) is 30.1 Å². The molecule has 2 rings (SSSR count). The van der Waals surface area contributed by atoms with Gasteiger partial charge >= 0.3 is 0 Å². The first-order chi connectivity index (χ1) is 8.31. The first-order valence-electron chi connectivity index (χ1n) is 6.04. The van der Waals surface area contributed by atoms with E-state index in [1.54, 1.807) is 17.4 Å². The Balaban J connectivity index is 1.97. The zero-order valence-corrected chi connectivity index (χ0v) is 10.9. The summed E-state index contributed by atoms with van der Waals surface area (Å²) in [5, 5.41) is 5.31. The average molecular weight is 250 g/mol. The molecule has 1 aliphatic rings. The first-order valence-corrected chi connectivity index (χ1v) is 6.92. The molecule has 1 atom stereocenters. The molecule has 1 N–H and O–H groups in total. The number of nitrogens with zero attached hydrogens (tertiary/aromatic N) is 1. The molecule has 1 unspecified atom stereocenters. The molecule has 4 heteroatoms. The van der Waals surface area contributed by atoms with Crippen LogP contribution in [0, 0.1) is 0 Å². The van der Waals surface area contributed by atoms with Crippen molar-refractivity contribution in [3.8, 4) is 0 Å². The number of hydrogen-bond donors (Lipinski definition) is 1. The van der Waals surface area contributed by atoms with Crippen molar-refractivity contribution in [2.24, 2.45) is 0 Å². The van der Waals surface area contributed by atoms with Crippen LogP contribution < -0.4 is 5.32 Å². The molecule has 1 aromatic heterocycles. The highest BCUT2D eigenvalue weighted by Crippen LogP contribution is 2.12. The van der Waals surface area contributed by atoms with Crippen molar-refractivity contribution < 1.29 is 4.79 Å². The summed E-state index contributed by atoms with van der Waals surface area (Å²) in [5.74, 6) is 0.120. The van der Waals surface area contributed by atoms with Crippen LogP contribution >= 0.6 is 11.3 Å². The van der Waals surface area contributed by atoms with E-state index in [4.69, 9.17) is 0 Å². The largest absolute Gasteiger partial charge is 0.335 e. The van der Waals surface area contributed by atoms with Crippen LogP contribution in [0.3, 0.4) is 0 Å². The minimum absolute atomic E-state index is 0.120. The molecule has 92 valence electrons. The van der Waals surface area contributed by atoms with E-state index in [0.717, 1.165) is 30.9 Å². The van der Waals surface area contributed by atoms with Gasteiger partial charge in [0.05, 0.1) is 0 Å². The highest BCUT2D eigenvalue weighted by atomic mass is 32.1. The molecule has 0 spiro atoms. The minimum atomic E-state index is 0.120. The number of likely N-dealkylation sites (N-methyl/N-ethyl adjacent to an activating group) is 1. The molecule has 0 saturated carbocycles. The Morgan fingerprint density at radius 1 is 1.71 bits per heavy atom. The maximum absolute atomic E-state index is 12.1. The summed E-state index contributed by atoms with van der Waals surface area (Å²) in [6.07, 6.45) is 4.65. The highest BCUT2D eigenvalue weighted by molar-refractivity contribution is 7.10. The molecule has 2 heterocycles. The van der Waals surface area contributed by atoms with Gasteiger partial charge in [0.1, 0.15) is 0 Å². The normalized spacial score (nSPS) is 19.9. The third-order valence-electron chi connectivity index (χ3n) is 3.03. The number of nitrogens with one attached hydrogen (secondary N) is 1. The molecule has 1 fully saturated rings. The van der Waals surface area contributed by atoms with Crippen molar-refractivity contribution in [3.05, 3.63) is 28.5 Å². The van der Waals surface area contributed by atoms with Crippen LogP contribution in [-0.4, -0.2) is 36.5 Å². The summed E-state index contributed by atoms with van der Waals surface area (Å²) >= 11 is 1.65. The second kappa shape index (κ2) is 5.98. The zero-order valence-electron chi connectivity index (χ0n) is 10.1. The molecule has 0 aliphatic carbocycles. The molecule has 1 aromatic rings. The van der Waals surface area contributed by atoms with E-state index in [9.17, 15) is 4.79 Å². The smallest absolute Gasteiger partial charge is 0.246 e. The lowest BCUT2D eigenvalue weighted by atomic mass is 10.2. The van der Waals surface area contributed by atoms with Crippen LogP contribution in [0.1, 0.15) is 18.2 Å². The summed E-state index contributed by atoms with van der Waals surface area (Å²) in [6.45, 7) is 4.75. The summed E-state index contributed by atoms with van der Waals surface area (Å²) in [6, 6.07) is 4.37. The van der Waals surface area contributed by atoms with E-state index in [0.29, 0.717) is 6.04 Å². The molecular formula is C13H18N2OS. The predicted octanol–water partition coefficient (Wildman–Crippen LogP) is 1.97. The van der Waals surface area contributed by atoms with Gasteiger partial charge in [-0.25, -0.2) is 0 Å². The summed E-state index contributed by atoms with van der Waals surface area (Å²) in [7, 11) is 0. The lowest BCUT2D eigenvalue weighted by molar-refractivity contribution is -0.127. The minimum Gasteiger partial charge on any atom is -0.335 e. The average Bonchev–Trinajstić information content (AvgIpc) is 3.00. The van der Waals surface area contributed by atoms with Crippen molar-refractivity contribution in [2.75, 3.05) is 19.6 Å². The van der Waals surface area contributed by atoms with E-state index in [1.165, 1.54) is 0 Å². The van der Waals surface area contributed by atoms with Crippen molar-refractivity contribution in [1.29, 1.82) is 0 Å². The molecule has 17 heavy (non-hydrogen) atoms. The Hall–Kier alpha value is -1.13. The highest BCUT2D eigenvalue weighted by Gasteiger charge is 2.23. The van der Waals surface area contributed by atoms with Crippen molar-refractivity contribution >= 4 is 23.3 Å².